The first kappa shape index (κ1) is 59.6. The number of hydrogen-bond acceptors (Lipinski definition) is 17. The van der Waals surface area contributed by atoms with Gasteiger partial charge < -0.3 is 55.4 Å². The summed E-state index contributed by atoms with van der Waals surface area (Å²) >= 11 is 0. The van der Waals surface area contributed by atoms with Gasteiger partial charge in [-0.25, -0.2) is 43.1 Å². The van der Waals surface area contributed by atoms with E-state index in [4.69, 9.17) is 19.7 Å². The highest BCUT2D eigenvalue weighted by atomic mass is 31.3. The number of aromatic carboxylic acids is 1. The van der Waals surface area contributed by atoms with Gasteiger partial charge in [0.1, 0.15) is 48.2 Å². The maximum atomic E-state index is 13.9. The molecule has 4 aliphatic heterocycles. The van der Waals surface area contributed by atoms with E-state index in [0.717, 1.165) is 52.7 Å². The fourth-order valence-electron chi connectivity index (χ4n) is 11.3. The molecule has 25 nitrogen and oxygen atoms in total. The summed E-state index contributed by atoms with van der Waals surface area (Å²) in [7, 11) is -16.5. The number of anilines is 2. The van der Waals surface area contributed by atoms with Crippen molar-refractivity contribution in [2.24, 2.45) is 0 Å². The largest absolute Gasteiger partial charge is 0.489 e. The summed E-state index contributed by atoms with van der Waals surface area (Å²) in [6.45, 7) is 17.5. The predicted octanol–water partition coefficient (Wildman–Crippen LogP) is 5.74. The number of fused-ring (bicyclic) bond motifs is 5. The van der Waals surface area contributed by atoms with Crippen LogP contribution in [0.25, 0.3) is 27.9 Å². The third-order valence-corrected chi connectivity index (χ3v) is 19.3. The molecule has 0 saturated carbocycles. The summed E-state index contributed by atoms with van der Waals surface area (Å²) in [6, 6.07) is 12.7. The normalized spacial score (nSPS) is 22.0. The van der Waals surface area contributed by atoms with E-state index in [1.807, 2.05) is 12.1 Å². The molecule has 3 aromatic carbocycles. The lowest BCUT2D eigenvalue weighted by molar-refractivity contribution is -0.0503. The highest BCUT2D eigenvalue weighted by Gasteiger charge is 2.47. The van der Waals surface area contributed by atoms with Gasteiger partial charge in [0, 0.05) is 78.3 Å². The van der Waals surface area contributed by atoms with Crippen molar-refractivity contribution in [2.75, 3.05) is 43.4 Å². The number of amides is 1. The highest BCUT2D eigenvalue weighted by Crippen LogP contribution is 2.66. The number of ether oxygens (including phenoxy) is 2. The Kier molecular flexibility index (Phi) is 16.7. The Morgan fingerprint density at radius 1 is 0.827 bits per heavy atom. The van der Waals surface area contributed by atoms with Gasteiger partial charge in [0.05, 0.1) is 30.1 Å². The van der Waals surface area contributed by atoms with Gasteiger partial charge in [0.25, 0.3) is 5.91 Å². The molecule has 81 heavy (non-hydrogen) atoms. The Hall–Kier alpha value is -6.01. The molecule has 1 fully saturated rings. The zero-order chi connectivity index (χ0) is 58.7. The number of unbranched alkanes of at least 4 members (excludes halogenated alkanes) is 3. The molecule has 5 aromatic rings. The number of phosphoric acid groups is 2. The number of carbonyl (C=O) groups is 2. The van der Waals surface area contributed by atoms with Crippen molar-refractivity contribution in [3.8, 4) is 11.5 Å². The van der Waals surface area contributed by atoms with Crippen LogP contribution in [0.1, 0.15) is 130 Å². The topological polar surface area (TPSA) is 353 Å². The molecule has 10 N–H and O–H groups in total. The molecule has 9 rings (SSSR count). The lowest BCUT2D eigenvalue weighted by Gasteiger charge is -2.43. The monoisotopic (exact) mass is 1180 g/mol. The molecule has 1 amide bonds. The Labute approximate surface area is 466 Å². The first-order valence-corrected chi connectivity index (χ1v) is 30.9. The van der Waals surface area contributed by atoms with Crippen molar-refractivity contribution in [2.45, 2.75) is 117 Å². The van der Waals surface area contributed by atoms with E-state index in [1.165, 1.54) is 23.0 Å². The third kappa shape index (κ3) is 12.1. The summed E-state index contributed by atoms with van der Waals surface area (Å²) in [5.74, 6) is -0.472. The van der Waals surface area contributed by atoms with Crippen LogP contribution in [0.4, 0.5) is 11.5 Å². The highest BCUT2D eigenvalue weighted by molar-refractivity contribution is 7.67. The number of rotatable bonds is 21. The zero-order valence-electron chi connectivity index (χ0n) is 45.9. The number of carboxylic acids is 1. The minimum absolute atomic E-state index is 0.000652. The van der Waals surface area contributed by atoms with Gasteiger partial charge in [0.15, 0.2) is 23.2 Å². The van der Waals surface area contributed by atoms with Gasteiger partial charge in [-0.15, -0.1) is 0 Å². The summed E-state index contributed by atoms with van der Waals surface area (Å²) in [5, 5.41) is 38.7. The Morgan fingerprint density at radius 3 is 2.25 bits per heavy atom. The fourth-order valence-corrected chi connectivity index (χ4v) is 15.1. The molecular formula is C53H67N9O16P3+. The van der Waals surface area contributed by atoms with Gasteiger partial charge in [0.2, 0.25) is 5.36 Å². The van der Waals surface area contributed by atoms with E-state index in [1.54, 1.807) is 6.07 Å². The number of nitrogens with one attached hydrogen (secondary N) is 2. The molecule has 2 aromatic heterocycles. The van der Waals surface area contributed by atoms with Gasteiger partial charge in [-0.2, -0.15) is 8.62 Å². The average Bonchev–Trinajstić information content (AvgIpc) is 4.14. The summed E-state index contributed by atoms with van der Waals surface area (Å²) in [5.41, 5.74) is 12.5. The molecule has 28 heteroatoms. The number of carbonyl (C=O) groups excluding carboxylic acids is 1. The predicted molar refractivity (Wildman–Crippen MR) is 300 cm³/mol. The first-order chi connectivity index (χ1) is 38.1. The minimum Gasteiger partial charge on any atom is -0.478 e. The quantitative estimate of drug-likeness (QED) is 0.0236. The second-order valence-electron chi connectivity index (χ2n) is 21.3. The SMILES string of the molecule is CCN1c2cc3c(cc2C(C)=CC1(C)C)C(c1cc(C(=O)NCCCCCCNP(=O)(O)OP(=O)(O)OP(=O)(O)OC[C@H]2O[C@@H](n4cnc5c(N)ncnc54)[C@H](O)[C@@H]2O)ccc1C(=O)O)=c1cc2c(cc1O3)=[N+](CC)C(C)(C)C=C2C. The standard InChI is InChI=1S/C53H66N9O16P3/c1-9-61-38-22-40-36(20-33(38)29(3)24-52(61,5)6)43(37-21-34-30(4)25-53(7,8)62(10-2)39(34)23-41(37)75-40)35-19-31(15-16-32(35)51(66)67)49(65)55-17-13-11-12-14-18-59-79(68,69)77-81(72,73)78-80(70,71)74-26-42-45(63)46(64)50(76-42)60-28-58-44-47(54)56-27-57-48(44)60/h15-16,19-25,27-28,42,45-46,50,63-64H,9-14,17-18,26H2,1-8H3,(H7-,54,55,56,57,59,65,66,67,68,69,70,71,72,73)/p+1/t42-,45-,46-,50-/m1/s1. The fraction of sp³-hybridized carbons (Fsp3) is 0.434. The summed E-state index contributed by atoms with van der Waals surface area (Å²) < 4.78 is 67.3. The van der Waals surface area contributed by atoms with Crippen LogP contribution in [-0.4, -0.2) is 124 Å². The number of aromatic nitrogens is 4. The van der Waals surface area contributed by atoms with Crippen LogP contribution >= 0.6 is 23.4 Å². The molecule has 0 aliphatic carbocycles. The van der Waals surface area contributed by atoms with E-state index in [0.29, 0.717) is 52.7 Å². The number of nitrogen functional groups attached to an aromatic ring is 1. The van der Waals surface area contributed by atoms with Crippen molar-refractivity contribution in [3.05, 3.63) is 111 Å². The molecule has 1 saturated heterocycles. The van der Waals surface area contributed by atoms with Crippen LogP contribution in [0, 0.1) is 0 Å². The number of nitrogens with two attached hydrogens (primary N) is 1. The lowest BCUT2D eigenvalue weighted by Crippen LogP contribution is -2.49. The number of carboxylic acid groups (broad SMARTS) is 1. The Morgan fingerprint density at radius 2 is 1.54 bits per heavy atom. The average molecular weight is 1180 g/mol. The summed E-state index contributed by atoms with van der Waals surface area (Å²) in [6.07, 6.45) is 2.32. The number of aliphatic hydroxyl groups is 2. The van der Waals surface area contributed by atoms with Gasteiger partial charge >= 0.3 is 29.4 Å². The van der Waals surface area contributed by atoms with E-state index < -0.39 is 66.4 Å². The van der Waals surface area contributed by atoms with Crippen LogP contribution in [-0.2, 0) is 31.6 Å². The lowest BCUT2D eigenvalue weighted by atomic mass is 9.83. The number of imidazole rings is 1. The molecule has 0 spiro atoms. The molecule has 4 aliphatic rings. The number of allylic oxidation sites excluding steroid dienone is 2. The van der Waals surface area contributed by atoms with Gasteiger partial charge in [-0.3, -0.25) is 13.9 Å². The van der Waals surface area contributed by atoms with Crippen molar-refractivity contribution < 1.29 is 75.9 Å². The minimum atomic E-state index is -5.78. The van der Waals surface area contributed by atoms with Crippen molar-refractivity contribution in [1.82, 2.24) is 34.5 Å². The molecule has 6 heterocycles. The number of aliphatic hydroxyl groups excluding tert-OH is 2. The van der Waals surface area contributed by atoms with Crippen LogP contribution in [0.2, 0.25) is 0 Å². The number of likely N-dealkylation sites (N-methyl/N-ethyl adjacent to an activating group) is 2. The zero-order valence-corrected chi connectivity index (χ0v) is 48.6. The van der Waals surface area contributed by atoms with Crippen LogP contribution < -0.4 is 40.9 Å². The molecule has 3 unspecified atom stereocenters. The number of hydrogen-bond donors (Lipinski definition) is 9. The van der Waals surface area contributed by atoms with Crippen LogP contribution in [0.3, 0.4) is 0 Å². The van der Waals surface area contributed by atoms with Crippen LogP contribution in [0.5, 0.6) is 11.5 Å². The van der Waals surface area contributed by atoms with Crippen LogP contribution in [0.15, 0.2) is 67.3 Å². The van der Waals surface area contributed by atoms with Crippen molar-refractivity contribution in [1.29, 1.82) is 0 Å². The Balaban J connectivity index is 0.824. The second kappa shape index (κ2) is 22.6. The Bertz CT molecular complexity index is 3720. The molecular weight excluding hydrogens is 1110 g/mol. The molecule has 0 radical (unpaired) electrons. The maximum absolute atomic E-state index is 13.9. The van der Waals surface area contributed by atoms with E-state index >= 15 is 0 Å². The van der Waals surface area contributed by atoms with Gasteiger partial charge in [-0.05, 0) is 108 Å². The molecule has 7 atom stereocenters. The number of benzene rings is 3. The number of nitrogens with zero attached hydrogens (tertiary/aromatic N) is 6. The van der Waals surface area contributed by atoms with E-state index in [9.17, 15) is 53.3 Å². The van der Waals surface area contributed by atoms with Crippen molar-refractivity contribution >= 4 is 74.7 Å². The van der Waals surface area contributed by atoms with Crippen molar-refractivity contribution in [3.63, 3.8) is 0 Å². The van der Waals surface area contributed by atoms with E-state index in [-0.39, 0.29) is 58.7 Å². The smallest absolute Gasteiger partial charge is 0.478 e. The number of phosphoric ester groups is 1. The van der Waals surface area contributed by atoms with E-state index in [2.05, 4.69) is 123 Å². The second-order valence-corrected chi connectivity index (χ2v) is 26.1. The maximum Gasteiger partial charge on any atom is 0.489 e. The van der Waals surface area contributed by atoms with Gasteiger partial charge in [-0.1, -0.05) is 18.9 Å². The third-order valence-electron chi connectivity index (χ3n) is 14.9. The summed E-state index contributed by atoms with van der Waals surface area (Å²) in [4.78, 5) is 71.9. The molecule has 434 valence electrons. The molecule has 0 bridgehead atoms. The first-order valence-electron chi connectivity index (χ1n) is 26.3.